The largest absolute Gasteiger partial charge is 0.375 e. The first kappa shape index (κ1) is 16.1. The number of benzene rings is 1. The van der Waals surface area contributed by atoms with E-state index in [-0.39, 0.29) is 17.5 Å². The number of rotatable bonds is 6. The molecule has 1 aromatic heterocycles. The van der Waals surface area contributed by atoms with Crippen LogP contribution in [0, 0.1) is 12.7 Å². The second-order valence-electron chi connectivity index (χ2n) is 4.54. The highest BCUT2D eigenvalue weighted by Gasteiger charge is 2.20. The molecule has 0 aliphatic rings. The van der Waals surface area contributed by atoms with Crippen LogP contribution >= 0.6 is 11.3 Å². The summed E-state index contributed by atoms with van der Waals surface area (Å²) >= 11 is 1.52. The van der Waals surface area contributed by atoms with Gasteiger partial charge < -0.3 is 4.74 Å². The number of thiophene rings is 1. The van der Waals surface area contributed by atoms with Crippen LogP contribution < -0.4 is 4.72 Å². The fourth-order valence-corrected chi connectivity index (χ4v) is 3.93. The molecule has 0 aliphatic heterocycles. The number of hydrogen-bond donors (Lipinski definition) is 1. The van der Waals surface area contributed by atoms with E-state index in [9.17, 15) is 12.8 Å². The molecule has 0 spiro atoms. The van der Waals surface area contributed by atoms with Crippen LogP contribution in [0.3, 0.4) is 0 Å². The third-order valence-corrected chi connectivity index (χ3v) is 5.37. The van der Waals surface area contributed by atoms with E-state index in [1.807, 2.05) is 16.8 Å². The van der Waals surface area contributed by atoms with E-state index >= 15 is 0 Å². The Morgan fingerprint density at radius 1 is 1.38 bits per heavy atom. The predicted octanol–water partition coefficient (Wildman–Crippen LogP) is 2.86. The number of aryl methyl sites for hydroxylation is 1. The van der Waals surface area contributed by atoms with Crippen LogP contribution in [0.5, 0.6) is 0 Å². The molecular formula is C14H16FNO3S2. The number of methoxy groups -OCH3 is 1. The molecule has 2 aromatic rings. The van der Waals surface area contributed by atoms with Crippen molar-refractivity contribution in [3.8, 4) is 0 Å². The van der Waals surface area contributed by atoms with Gasteiger partial charge in [0, 0.05) is 13.7 Å². The molecule has 114 valence electrons. The minimum atomic E-state index is -3.70. The fourth-order valence-electron chi connectivity index (χ4n) is 1.97. The van der Waals surface area contributed by atoms with Gasteiger partial charge in [0.2, 0.25) is 10.0 Å². The lowest BCUT2D eigenvalue weighted by Crippen LogP contribution is -2.29. The van der Waals surface area contributed by atoms with E-state index in [1.54, 1.807) is 6.92 Å². The van der Waals surface area contributed by atoms with Crippen molar-refractivity contribution in [1.29, 1.82) is 0 Å². The van der Waals surface area contributed by atoms with Crippen LogP contribution in [0.25, 0.3) is 0 Å². The Morgan fingerprint density at radius 3 is 2.71 bits per heavy atom. The van der Waals surface area contributed by atoms with Crippen molar-refractivity contribution in [2.24, 2.45) is 0 Å². The van der Waals surface area contributed by atoms with Crippen LogP contribution in [0.4, 0.5) is 4.39 Å². The van der Waals surface area contributed by atoms with Crippen molar-refractivity contribution in [3.63, 3.8) is 0 Å². The zero-order valence-electron chi connectivity index (χ0n) is 11.7. The van der Waals surface area contributed by atoms with Gasteiger partial charge in [-0.15, -0.1) is 0 Å². The van der Waals surface area contributed by atoms with Crippen molar-refractivity contribution in [1.82, 2.24) is 4.72 Å². The topological polar surface area (TPSA) is 55.4 Å². The Kier molecular flexibility index (Phi) is 5.10. The molecule has 0 saturated heterocycles. The third kappa shape index (κ3) is 3.88. The lowest BCUT2D eigenvalue weighted by molar-refractivity contribution is 0.107. The number of hydrogen-bond acceptors (Lipinski definition) is 4. The van der Waals surface area contributed by atoms with Crippen molar-refractivity contribution < 1.29 is 17.5 Å². The number of halogens is 1. The molecule has 0 aliphatic carbocycles. The summed E-state index contributed by atoms with van der Waals surface area (Å²) in [5.41, 5.74) is 1.29. The summed E-state index contributed by atoms with van der Waals surface area (Å²) in [5.74, 6) is -0.459. The normalized spacial score (nSPS) is 13.3. The van der Waals surface area contributed by atoms with Gasteiger partial charge in [-0.2, -0.15) is 11.3 Å². The van der Waals surface area contributed by atoms with E-state index in [4.69, 9.17) is 4.74 Å². The Morgan fingerprint density at radius 2 is 2.14 bits per heavy atom. The van der Waals surface area contributed by atoms with Crippen LogP contribution in [0.15, 0.2) is 39.9 Å². The quantitative estimate of drug-likeness (QED) is 0.886. The Labute approximate surface area is 127 Å². The van der Waals surface area contributed by atoms with Gasteiger partial charge in [-0.25, -0.2) is 17.5 Å². The zero-order valence-corrected chi connectivity index (χ0v) is 13.3. The average molecular weight is 329 g/mol. The molecule has 4 nitrogen and oxygen atoms in total. The molecule has 0 saturated carbocycles. The van der Waals surface area contributed by atoms with Crippen molar-refractivity contribution >= 4 is 21.4 Å². The summed E-state index contributed by atoms with van der Waals surface area (Å²) in [6.07, 6.45) is -0.355. The molecular weight excluding hydrogens is 313 g/mol. The van der Waals surface area contributed by atoms with Crippen molar-refractivity contribution in [2.45, 2.75) is 17.9 Å². The van der Waals surface area contributed by atoms with Gasteiger partial charge in [-0.1, -0.05) is 0 Å². The maximum absolute atomic E-state index is 13.1. The van der Waals surface area contributed by atoms with Crippen LogP contribution in [0.2, 0.25) is 0 Å². The van der Waals surface area contributed by atoms with Crippen LogP contribution in [-0.2, 0) is 14.8 Å². The van der Waals surface area contributed by atoms with Crippen LogP contribution in [0.1, 0.15) is 17.2 Å². The average Bonchev–Trinajstić information content (AvgIpc) is 2.93. The monoisotopic (exact) mass is 329 g/mol. The summed E-state index contributed by atoms with van der Waals surface area (Å²) in [6, 6.07) is 5.48. The van der Waals surface area contributed by atoms with E-state index in [0.29, 0.717) is 5.56 Å². The van der Waals surface area contributed by atoms with Gasteiger partial charge in [0.1, 0.15) is 5.82 Å². The van der Waals surface area contributed by atoms with Gasteiger partial charge >= 0.3 is 0 Å². The van der Waals surface area contributed by atoms with Gasteiger partial charge in [0.15, 0.2) is 0 Å². The fraction of sp³-hybridized carbons (Fsp3) is 0.286. The van der Waals surface area contributed by atoms with Gasteiger partial charge in [-0.05, 0) is 53.1 Å². The summed E-state index contributed by atoms with van der Waals surface area (Å²) in [6.45, 7) is 1.68. The van der Waals surface area contributed by atoms with E-state index in [0.717, 1.165) is 11.6 Å². The molecule has 21 heavy (non-hydrogen) atoms. The lowest BCUT2D eigenvalue weighted by Gasteiger charge is -2.16. The summed E-state index contributed by atoms with van der Waals surface area (Å²) in [4.78, 5) is 0.0732. The smallest absolute Gasteiger partial charge is 0.240 e. The highest BCUT2D eigenvalue weighted by Crippen LogP contribution is 2.20. The first-order valence-corrected chi connectivity index (χ1v) is 8.67. The van der Waals surface area contributed by atoms with Gasteiger partial charge in [0.25, 0.3) is 0 Å². The second kappa shape index (κ2) is 6.65. The minimum Gasteiger partial charge on any atom is -0.375 e. The van der Waals surface area contributed by atoms with E-state index < -0.39 is 15.8 Å². The molecule has 1 heterocycles. The first-order valence-electron chi connectivity index (χ1n) is 6.25. The molecule has 1 N–H and O–H groups in total. The Hall–Kier alpha value is -1.28. The van der Waals surface area contributed by atoms with Gasteiger partial charge in [-0.3, -0.25) is 0 Å². The summed E-state index contributed by atoms with van der Waals surface area (Å²) in [7, 11) is -2.17. The number of nitrogens with one attached hydrogen (secondary N) is 1. The zero-order chi connectivity index (χ0) is 15.5. The molecule has 1 atom stereocenters. The standard InChI is InChI=1S/C14H16FNO3S2/c1-10-7-12(15)3-4-14(10)21(17,18)16-8-13(19-2)11-5-6-20-9-11/h3-7,9,13,16H,8H2,1-2H3. The molecule has 2 rings (SSSR count). The van der Waals surface area contributed by atoms with Crippen molar-refractivity contribution in [3.05, 3.63) is 52.0 Å². The molecule has 0 fully saturated rings. The van der Waals surface area contributed by atoms with E-state index in [2.05, 4.69) is 4.72 Å². The first-order chi connectivity index (χ1) is 9.94. The SMILES string of the molecule is COC(CNS(=O)(=O)c1ccc(F)cc1C)c1ccsc1. The molecule has 1 unspecified atom stereocenters. The molecule has 1 aromatic carbocycles. The maximum atomic E-state index is 13.1. The lowest BCUT2D eigenvalue weighted by atomic mass is 10.2. The third-order valence-electron chi connectivity index (χ3n) is 3.08. The molecule has 0 radical (unpaired) electrons. The summed E-state index contributed by atoms with van der Waals surface area (Å²) < 4.78 is 45.4. The highest BCUT2D eigenvalue weighted by molar-refractivity contribution is 7.89. The predicted molar refractivity (Wildman–Crippen MR) is 80.4 cm³/mol. The van der Waals surface area contributed by atoms with Crippen molar-refractivity contribution in [2.75, 3.05) is 13.7 Å². The number of sulfonamides is 1. The molecule has 7 heteroatoms. The van der Waals surface area contributed by atoms with Gasteiger partial charge in [0.05, 0.1) is 11.0 Å². The van der Waals surface area contributed by atoms with Crippen LogP contribution in [-0.4, -0.2) is 22.1 Å². The Balaban J connectivity index is 2.14. The number of ether oxygens (including phenoxy) is 1. The highest BCUT2D eigenvalue weighted by atomic mass is 32.2. The second-order valence-corrected chi connectivity index (χ2v) is 7.06. The molecule has 0 amide bonds. The summed E-state index contributed by atoms with van der Waals surface area (Å²) in [5, 5.41) is 3.81. The molecule has 0 bridgehead atoms. The van der Waals surface area contributed by atoms with E-state index in [1.165, 1.54) is 30.6 Å². The maximum Gasteiger partial charge on any atom is 0.240 e. The Bertz CT molecular complexity index is 699. The minimum absolute atomic E-state index is 0.0732.